The van der Waals surface area contributed by atoms with E-state index in [9.17, 15) is 24.3 Å². The molecule has 4 N–H and O–H groups in total. The molecular weight excluding hydrogens is 564 g/mol. The molecule has 0 spiro atoms. The second-order valence-electron chi connectivity index (χ2n) is 10.8. The van der Waals surface area contributed by atoms with Crippen molar-refractivity contribution in [1.82, 2.24) is 5.32 Å². The molecule has 0 saturated carbocycles. The highest BCUT2D eigenvalue weighted by Crippen LogP contribution is 2.31. The third-order valence-corrected chi connectivity index (χ3v) is 7.73. The van der Waals surface area contributed by atoms with Crippen LogP contribution >= 0.6 is 11.6 Å². The largest absolute Gasteiger partial charge is 0.439 e. The number of alkyl halides is 1. The molecule has 1 heterocycles. The maximum atomic E-state index is 13.6. The van der Waals surface area contributed by atoms with Crippen LogP contribution in [0.4, 0.5) is 4.79 Å². The lowest BCUT2D eigenvalue weighted by Crippen LogP contribution is -2.37. The number of aliphatic hydroxyl groups is 1. The molecule has 2 rings (SSSR count). The van der Waals surface area contributed by atoms with Crippen molar-refractivity contribution in [2.24, 2.45) is 17.6 Å². The summed E-state index contributed by atoms with van der Waals surface area (Å²) in [5.74, 6) is -1.60. The van der Waals surface area contributed by atoms with Gasteiger partial charge in [-0.25, -0.2) is 4.79 Å². The van der Waals surface area contributed by atoms with Crippen LogP contribution in [0.1, 0.15) is 53.4 Å². The summed E-state index contributed by atoms with van der Waals surface area (Å²) in [7, 11) is 2.93. The van der Waals surface area contributed by atoms with Crippen LogP contribution in [-0.2, 0) is 28.6 Å². The van der Waals surface area contributed by atoms with Gasteiger partial charge < -0.3 is 30.4 Å². The Morgan fingerprint density at radius 3 is 2.45 bits per heavy atom. The van der Waals surface area contributed by atoms with Crippen molar-refractivity contribution >= 4 is 35.2 Å². The molecule has 2 bridgehead atoms. The minimum Gasteiger partial charge on any atom is -0.439 e. The van der Waals surface area contributed by atoms with Crippen molar-refractivity contribution in [3.8, 4) is 0 Å². The van der Waals surface area contributed by atoms with Gasteiger partial charge in [-0.15, -0.1) is 11.6 Å². The van der Waals surface area contributed by atoms with E-state index in [0.717, 1.165) is 6.08 Å². The molecule has 232 valence electrons. The fraction of sp³-hybridized carbons (Fsp3) is 0.548. The highest BCUT2D eigenvalue weighted by molar-refractivity contribution is 6.24. The molecule has 42 heavy (non-hydrogen) atoms. The third kappa shape index (κ3) is 9.49. The number of primary amides is 1. The first-order valence-corrected chi connectivity index (χ1v) is 14.5. The zero-order valence-corrected chi connectivity index (χ0v) is 25.9. The van der Waals surface area contributed by atoms with Crippen LogP contribution in [0.15, 0.2) is 58.4 Å². The average molecular weight is 607 g/mol. The number of aliphatic hydroxyl groups excluding tert-OH is 1. The highest BCUT2D eigenvalue weighted by atomic mass is 35.5. The Morgan fingerprint density at radius 2 is 1.86 bits per heavy atom. The second kappa shape index (κ2) is 16.6. The van der Waals surface area contributed by atoms with E-state index >= 15 is 0 Å². The van der Waals surface area contributed by atoms with Crippen LogP contribution < -0.4 is 11.1 Å². The number of ketones is 2. The standard InChI is InChI=1S/C31H43ClN2O8/c1-17-13-22-21(10-8-12-32)24(35)16-23(28(22)37)34-30(38)18(2)9-7-11-25(40-5)29(42-31(33)39)20(4)15-19(3)27(36)26(14-17)41-6/h7,9,11,15-17,19,25-27,29,36H,8,10,12-14H2,1-6H3,(H2,33,39)(H,34,38)/b11-7-,18-9+,20-15+/t17?,19-,25-,26?,27+,29-/m1/s1. The lowest BCUT2D eigenvalue weighted by atomic mass is 9.82. The number of allylic oxidation sites excluding steroid dienone is 5. The first kappa shape index (κ1) is 35.1. The molecule has 0 aromatic rings. The van der Waals surface area contributed by atoms with Gasteiger partial charge >= 0.3 is 6.09 Å². The van der Waals surface area contributed by atoms with Gasteiger partial charge in [-0.05, 0) is 51.0 Å². The molecule has 2 unspecified atom stereocenters. The molecule has 10 nitrogen and oxygen atoms in total. The number of Topliss-reactive ketones (excluding diaryl/α,β-unsaturated/α-hetero) is 1. The zero-order chi connectivity index (χ0) is 31.6. The number of hydrogen-bond donors (Lipinski definition) is 3. The van der Waals surface area contributed by atoms with Crippen LogP contribution in [0.2, 0.25) is 0 Å². The first-order chi connectivity index (χ1) is 19.8. The molecule has 2 amide bonds. The lowest BCUT2D eigenvalue weighted by Gasteiger charge is -2.30. The van der Waals surface area contributed by atoms with Crippen molar-refractivity contribution in [2.45, 2.75) is 77.8 Å². The number of nitrogens with two attached hydrogens (primary N) is 1. The molecule has 6 atom stereocenters. The minimum absolute atomic E-state index is 0.0991. The van der Waals surface area contributed by atoms with Gasteiger partial charge in [-0.1, -0.05) is 38.2 Å². The Hall–Kier alpha value is -3.05. The summed E-state index contributed by atoms with van der Waals surface area (Å²) in [4.78, 5) is 51.4. The number of methoxy groups -OCH3 is 2. The first-order valence-electron chi connectivity index (χ1n) is 14.0. The smallest absolute Gasteiger partial charge is 0.405 e. The van der Waals surface area contributed by atoms with Crippen LogP contribution in [0, 0.1) is 11.8 Å². The van der Waals surface area contributed by atoms with Crippen molar-refractivity contribution < 1.29 is 38.5 Å². The summed E-state index contributed by atoms with van der Waals surface area (Å²) in [5, 5.41) is 13.8. The van der Waals surface area contributed by atoms with Gasteiger partial charge in [-0.3, -0.25) is 14.4 Å². The van der Waals surface area contributed by atoms with Crippen LogP contribution in [0.25, 0.3) is 0 Å². The number of hydrogen-bond acceptors (Lipinski definition) is 8. The molecule has 0 aromatic heterocycles. The van der Waals surface area contributed by atoms with E-state index in [-0.39, 0.29) is 29.4 Å². The van der Waals surface area contributed by atoms with E-state index in [2.05, 4.69) is 5.32 Å². The summed E-state index contributed by atoms with van der Waals surface area (Å²) >= 11 is 5.89. The van der Waals surface area contributed by atoms with Crippen molar-refractivity contribution in [2.75, 3.05) is 20.1 Å². The van der Waals surface area contributed by atoms with Gasteiger partial charge in [0.05, 0.1) is 17.9 Å². The Morgan fingerprint density at radius 1 is 1.17 bits per heavy atom. The molecule has 0 radical (unpaired) electrons. The number of carbonyl (C=O) groups excluding carboxylic acids is 4. The summed E-state index contributed by atoms with van der Waals surface area (Å²) in [6, 6.07) is 0. The number of nitrogens with one attached hydrogen (secondary N) is 1. The van der Waals surface area contributed by atoms with Gasteiger partial charge in [0.1, 0.15) is 6.10 Å². The van der Waals surface area contributed by atoms with Crippen molar-refractivity contribution in [1.29, 1.82) is 0 Å². The van der Waals surface area contributed by atoms with Gasteiger partial charge in [0.2, 0.25) is 5.78 Å². The second-order valence-corrected chi connectivity index (χ2v) is 11.2. The monoisotopic (exact) mass is 606 g/mol. The minimum atomic E-state index is -0.997. The summed E-state index contributed by atoms with van der Waals surface area (Å²) in [6.07, 6.45) is 4.81. The number of halogens is 1. The maximum Gasteiger partial charge on any atom is 0.405 e. The molecule has 1 aliphatic carbocycles. The number of ether oxygens (including phenoxy) is 3. The maximum absolute atomic E-state index is 13.6. The van der Waals surface area contributed by atoms with Gasteiger partial charge in [-0.2, -0.15) is 0 Å². The Labute approximate surface area is 252 Å². The van der Waals surface area contributed by atoms with Gasteiger partial charge in [0, 0.05) is 48.8 Å². The Balaban J connectivity index is 2.61. The molecule has 0 fully saturated rings. The predicted octanol–water partition coefficient (Wildman–Crippen LogP) is 3.82. The summed E-state index contributed by atoms with van der Waals surface area (Å²) < 4.78 is 16.6. The zero-order valence-electron chi connectivity index (χ0n) is 25.1. The predicted molar refractivity (Wildman–Crippen MR) is 159 cm³/mol. The molecule has 1 aliphatic heterocycles. The Kier molecular flexibility index (Phi) is 13.9. The third-order valence-electron chi connectivity index (χ3n) is 7.47. The molecule has 0 aromatic carbocycles. The highest BCUT2D eigenvalue weighted by Gasteiger charge is 2.33. The van der Waals surface area contributed by atoms with E-state index in [1.807, 2.05) is 13.8 Å². The van der Waals surface area contributed by atoms with Crippen molar-refractivity contribution in [3.63, 3.8) is 0 Å². The van der Waals surface area contributed by atoms with E-state index < -0.39 is 48.1 Å². The Bertz CT molecular complexity index is 1190. The lowest BCUT2D eigenvalue weighted by molar-refractivity contribution is -0.120. The van der Waals surface area contributed by atoms with E-state index in [1.165, 1.54) is 20.3 Å². The van der Waals surface area contributed by atoms with Gasteiger partial charge in [0.25, 0.3) is 5.91 Å². The molecule has 2 aliphatic rings. The number of amides is 2. The topological polar surface area (TPSA) is 154 Å². The SMILES string of the molecule is COC1CC(C)CC2=C(CCCCl)C(=O)C=C(NC(=O)/C(C)=C/C=C\[C@@H](OC)[C@H](OC(N)=O)/C(C)=C/[C@@H](C)[C@@H]1O)C2=O. The normalized spacial score (nSPS) is 31.8. The van der Waals surface area contributed by atoms with Crippen LogP contribution in [0.3, 0.4) is 0 Å². The van der Waals surface area contributed by atoms with Gasteiger partial charge in [0.15, 0.2) is 11.9 Å². The molecule has 11 heteroatoms. The van der Waals surface area contributed by atoms with Crippen LogP contribution in [-0.4, -0.2) is 73.2 Å². The van der Waals surface area contributed by atoms with E-state index in [4.69, 9.17) is 31.5 Å². The number of carbonyl (C=O) groups is 4. The average Bonchev–Trinajstić information content (AvgIpc) is 2.94. The molecular formula is C31H43ClN2O8. The number of fused-ring (bicyclic) bond motifs is 2. The summed E-state index contributed by atoms with van der Waals surface area (Å²) in [5.41, 5.74) is 6.81. The summed E-state index contributed by atoms with van der Waals surface area (Å²) in [6.45, 7) is 7.01. The van der Waals surface area contributed by atoms with E-state index in [0.29, 0.717) is 41.9 Å². The number of rotatable bonds is 6. The van der Waals surface area contributed by atoms with Crippen LogP contribution in [0.5, 0.6) is 0 Å². The quantitative estimate of drug-likeness (QED) is 0.234. The van der Waals surface area contributed by atoms with E-state index in [1.54, 1.807) is 32.1 Å². The fourth-order valence-corrected chi connectivity index (χ4v) is 5.30. The van der Waals surface area contributed by atoms with Crippen molar-refractivity contribution in [3.05, 3.63) is 58.4 Å². The molecule has 0 saturated heterocycles. The fourth-order valence-electron chi connectivity index (χ4n) is 5.16.